The third kappa shape index (κ3) is 3.43. The van der Waals surface area contributed by atoms with Gasteiger partial charge >= 0.3 is 5.97 Å². The Bertz CT molecular complexity index is 1460. The lowest BCUT2D eigenvalue weighted by Crippen LogP contribution is -2.36. The minimum atomic E-state index is -0.580. The fourth-order valence-electron chi connectivity index (χ4n) is 6.03. The van der Waals surface area contributed by atoms with Gasteiger partial charge in [0.15, 0.2) is 23.0 Å². The molecule has 3 aromatic rings. The highest BCUT2D eigenvalue weighted by molar-refractivity contribution is 5.98. The number of rotatable bonds is 5. The first-order valence-corrected chi connectivity index (χ1v) is 12.7. The van der Waals surface area contributed by atoms with Gasteiger partial charge in [-0.1, -0.05) is 24.3 Å². The molecule has 0 saturated heterocycles. The summed E-state index contributed by atoms with van der Waals surface area (Å²) in [6.45, 7) is 5.09. The monoisotopic (exact) mass is 517 g/mol. The average molecular weight is 518 g/mol. The Morgan fingerprint density at radius 1 is 0.895 bits per heavy atom. The number of aryl methyl sites for hydroxylation is 2. The molecule has 8 heteroatoms. The summed E-state index contributed by atoms with van der Waals surface area (Å²) in [5, 5.41) is 0. The number of esters is 1. The Morgan fingerprint density at radius 3 is 2.37 bits per heavy atom. The topological polar surface area (TPSA) is 75.7 Å². The van der Waals surface area contributed by atoms with E-state index in [-0.39, 0.29) is 12.8 Å². The summed E-state index contributed by atoms with van der Waals surface area (Å²) in [5.74, 6) is 2.32. The Balaban J connectivity index is 1.60. The second kappa shape index (κ2) is 9.13. The Hall–Kier alpha value is -3.91. The molecule has 0 amide bonds. The quantitative estimate of drug-likeness (QED) is 0.430. The highest BCUT2D eigenvalue weighted by atomic mass is 16.7. The molecule has 0 aliphatic carbocycles. The van der Waals surface area contributed by atoms with Crippen LogP contribution < -0.4 is 23.7 Å². The summed E-state index contributed by atoms with van der Waals surface area (Å²) in [6, 6.07) is 9.82. The molecule has 3 heterocycles. The van der Waals surface area contributed by atoms with E-state index >= 15 is 0 Å². The van der Waals surface area contributed by atoms with E-state index in [1.165, 1.54) is 18.2 Å². The van der Waals surface area contributed by atoms with Crippen molar-refractivity contribution in [2.75, 3.05) is 41.7 Å². The van der Waals surface area contributed by atoms with E-state index in [4.69, 9.17) is 28.4 Å². The zero-order chi connectivity index (χ0) is 26.7. The summed E-state index contributed by atoms with van der Waals surface area (Å²) in [7, 11) is 6.76. The van der Waals surface area contributed by atoms with Gasteiger partial charge in [0, 0.05) is 23.2 Å². The second-order valence-electron chi connectivity index (χ2n) is 9.93. The number of hydrogen-bond acceptors (Lipinski definition) is 8. The van der Waals surface area contributed by atoms with Crippen LogP contribution in [0, 0.1) is 13.8 Å². The number of fused-ring (bicyclic) bond motifs is 3. The molecule has 0 radical (unpaired) electrons. The van der Waals surface area contributed by atoms with Gasteiger partial charge in [0.1, 0.15) is 11.7 Å². The molecule has 3 aromatic carbocycles. The molecule has 0 aromatic heterocycles. The first-order chi connectivity index (χ1) is 18.4. The van der Waals surface area contributed by atoms with Crippen LogP contribution in [0.4, 0.5) is 0 Å². The third-order valence-corrected chi connectivity index (χ3v) is 8.01. The maximum absolute atomic E-state index is 13.2. The van der Waals surface area contributed by atoms with Crippen LogP contribution in [-0.4, -0.2) is 52.6 Å². The number of carbonyl (C=O) groups is 1. The van der Waals surface area contributed by atoms with Crippen LogP contribution in [0.3, 0.4) is 0 Å². The van der Waals surface area contributed by atoms with Crippen LogP contribution in [-0.2, 0) is 11.2 Å². The van der Waals surface area contributed by atoms with Gasteiger partial charge in [0.2, 0.25) is 12.5 Å². The molecule has 198 valence electrons. The Kier molecular flexibility index (Phi) is 5.87. The van der Waals surface area contributed by atoms with E-state index in [2.05, 4.69) is 36.9 Å². The van der Waals surface area contributed by atoms with Gasteiger partial charge in [0.05, 0.1) is 27.4 Å². The molecule has 0 fully saturated rings. The van der Waals surface area contributed by atoms with Gasteiger partial charge in [-0.15, -0.1) is 0 Å². The molecule has 6 rings (SSSR count). The first-order valence-electron chi connectivity index (χ1n) is 12.7. The summed E-state index contributed by atoms with van der Waals surface area (Å²) in [6.07, 6.45) is 0.195. The molecule has 0 spiro atoms. The van der Waals surface area contributed by atoms with Crippen LogP contribution in [0.2, 0.25) is 0 Å². The molecule has 38 heavy (non-hydrogen) atoms. The maximum Gasteiger partial charge on any atom is 0.343 e. The normalized spacial score (nSPS) is 19.6. The molecule has 3 aliphatic heterocycles. The number of carbonyl (C=O) groups excluding carboxylic acids is 1. The van der Waals surface area contributed by atoms with Gasteiger partial charge < -0.3 is 28.4 Å². The van der Waals surface area contributed by atoms with Crippen molar-refractivity contribution in [3.63, 3.8) is 0 Å². The molecular weight excluding hydrogens is 486 g/mol. The van der Waals surface area contributed by atoms with Crippen molar-refractivity contribution in [2.45, 2.75) is 32.4 Å². The van der Waals surface area contributed by atoms with Crippen molar-refractivity contribution in [3.05, 3.63) is 63.7 Å². The van der Waals surface area contributed by atoms with E-state index in [1.54, 1.807) is 14.2 Å². The van der Waals surface area contributed by atoms with E-state index in [0.717, 1.165) is 40.8 Å². The summed E-state index contributed by atoms with van der Waals surface area (Å²) >= 11 is 0. The lowest BCUT2D eigenvalue weighted by atomic mass is 9.81. The summed E-state index contributed by atoms with van der Waals surface area (Å²) in [5.41, 5.74) is 7.70. The van der Waals surface area contributed by atoms with Crippen LogP contribution in [0.25, 0.3) is 11.1 Å². The van der Waals surface area contributed by atoms with Gasteiger partial charge in [-0.05, 0) is 55.6 Å². The number of benzene rings is 3. The minimum Gasteiger partial charge on any atom is -0.493 e. The van der Waals surface area contributed by atoms with E-state index < -0.39 is 12.1 Å². The number of nitrogens with zero attached hydrogens (tertiary/aromatic N) is 1. The third-order valence-electron chi connectivity index (χ3n) is 8.01. The predicted molar refractivity (Wildman–Crippen MR) is 141 cm³/mol. The lowest BCUT2D eigenvalue weighted by Gasteiger charge is -2.39. The second-order valence-corrected chi connectivity index (χ2v) is 9.93. The standard InChI is InChI=1S/C30H31NO7/c1-15-7-8-17(13-16(15)2)21-18-11-12-31(3)24(22(18)27(35-6)29-28(21)36-14-37-29)25-19-9-10-20(33-4)26(34-5)23(19)30(32)38-25/h7-10,13,24-25H,11-12,14H2,1-6H3/t24-,25?/m1/s1. The fraction of sp³-hybridized carbons (Fsp3) is 0.367. The maximum atomic E-state index is 13.2. The summed E-state index contributed by atoms with van der Waals surface area (Å²) in [4.78, 5) is 15.4. The number of ether oxygens (including phenoxy) is 6. The highest BCUT2D eigenvalue weighted by Crippen LogP contribution is 2.58. The van der Waals surface area contributed by atoms with Crippen molar-refractivity contribution in [3.8, 4) is 39.9 Å². The number of methoxy groups -OCH3 is 3. The largest absolute Gasteiger partial charge is 0.493 e. The smallest absolute Gasteiger partial charge is 0.343 e. The number of hydrogen-bond donors (Lipinski definition) is 0. The van der Waals surface area contributed by atoms with Gasteiger partial charge in [-0.2, -0.15) is 0 Å². The lowest BCUT2D eigenvalue weighted by molar-refractivity contribution is 0.00877. The molecule has 3 aliphatic rings. The van der Waals surface area contributed by atoms with E-state index in [0.29, 0.717) is 34.3 Å². The van der Waals surface area contributed by atoms with E-state index in [9.17, 15) is 4.79 Å². The first kappa shape index (κ1) is 24.4. The van der Waals surface area contributed by atoms with Crippen molar-refractivity contribution in [2.24, 2.45) is 0 Å². The average Bonchev–Trinajstić information content (AvgIpc) is 3.53. The molecule has 1 unspecified atom stereocenters. The number of cyclic esters (lactones) is 1. The van der Waals surface area contributed by atoms with Crippen LogP contribution in [0.15, 0.2) is 30.3 Å². The molecule has 2 atom stereocenters. The van der Waals surface area contributed by atoms with Gasteiger partial charge in [-0.3, -0.25) is 4.90 Å². The van der Waals surface area contributed by atoms with Crippen molar-refractivity contribution in [1.29, 1.82) is 0 Å². The highest BCUT2D eigenvalue weighted by Gasteiger charge is 2.47. The van der Waals surface area contributed by atoms with Crippen molar-refractivity contribution in [1.82, 2.24) is 4.90 Å². The molecule has 0 bridgehead atoms. The van der Waals surface area contributed by atoms with Crippen molar-refractivity contribution >= 4 is 5.97 Å². The fourth-order valence-corrected chi connectivity index (χ4v) is 6.03. The minimum absolute atomic E-state index is 0.116. The molecule has 0 saturated carbocycles. The van der Waals surface area contributed by atoms with E-state index in [1.807, 2.05) is 19.2 Å². The SMILES string of the molecule is COc1ccc2c(c1OC)C(=O)OC2[C@H]1c2c(c(-c3ccc(C)c(C)c3)c3c(c2OC)OCO3)CCN1C. The zero-order valence-electron chi connectivity index (χ0n) is 22.5. The molecular formula is C30H31NO7. The predicted octanol–water partition coefficient (Wildman–Crippen LogP) is 5.17. The Morgan fingerprint density at radius 2 is 1.66 bits per heavy atom. The van der Waals surface area contributed by atoms with Crippen LogP contribution >= 0.6 is 0 Å². The molecule has 0 N–H and O–H groups in total. The Labute approximate surface area is 222 Å². The van der Waals surface area contributed by atoms with Crippen LogP contribution in [0.5, 0.6) is 28.7 Å². The molecule has 8 nitrogen and oxygen atoms in total. The van der Waals surface area contributed by atoms with Gasteiger partial charge in [-0.25, -0.2) is 4.79 Å². The summed E-state index contributed by atoms with van der Waals surface area (Å²) < 4.78 is 35.2. The van der Waals surface area contributed by atoms with Crippen LogP contribution in [0.1, 0.15) is 50.3 Å². The van der Waals surface area contributed by atoms with Crippen molar-refractivity contribution < 1.29 is 33.2 Å². The zero-order valence-corrected chi connectivity index (χ0v) is 22.5. The van der Waals surface area contributed by atoms with Gasteiger partial charge in [0.25, 0.3) is 0 Å². The number of likely N-dealkylation sites (N-methyl/N-ethyl adjacent to an activating group) is 1.